The van der Waals surface area contributed by atoms with E-state index in [9.17, 15) is 0 Å². The summed E-state index contributed by atoms with van der Waals surface area (Å²) in [5.74, 6) is 0.832. The Bertz CT molecular complexity index is 335. The fourth-order valence-corrected chi connectivity index (χ4v) is 2.64. The molecule has 0 bridgehead atoms. The molecule has 0 saturated carbocycles. The highest BCUT2D eigenvalue weighted by Gasteiger charge is 2.24. The third-order valence-corrected chi connectivity index (χ3v) is 3.82. The Morgan fingerprint density at radius 1 is 1.33 bits per heavy atom. The summed E-state index contributed by atoms with van der Waals surface area (Å²) >= 11 is 0. The second-order valence-electron chi connectivity index (χ2n) is 5.71. The van der Waals surface area contributed by atoms with Crippen LogP contribution in [-0.4, -0.2) is 63.8 Å². The van der Waals surface area contributed by atoms with Gasteiger partial charge in [-0.3, -0.25) is 0 Å². The molecule has 2 rings (SSSR count). The van der Waals surface area contributed by atoms with E-state index in [1.165, 1.54) is 26.1 Å². The van der Waals surface area contributed by atoms with Crippen molar-refractivity contribution in [3.8, 4) is 0 Å². The molecule has 0 aromatic carbocycles. The fourth-order valence-electron chi connectivity index (χ4n) is 2.64. The van der Waals surface area contributed by atoms with Gasteiger partial charge in [0.05, 0.1) is 0 Å². The van der Waals surface area contributed by atoms with Gasteiger partial charge < -0.3 is 14.4 Å². The molecular formula is C13H25N5. The Morgan fingerprint density at radius 2 is 2.06 bits per heavy atom. The van der Waals surface area contributed by atoms with E-state index >= 15 is 0 Å². The molecule has 1 fully saturated rings. The van der Waals surface area contributed by atoms with E-state index in [1.807, 2.05) is 4.57 Å². The second kappa shape index (κ2) is 6.29. The lowest BCUT2D eigenvalue weighted by Gasteiger charge is -2.23. The third kappa shape index (κ3) is 3.78. The molecule has 1 atom stereocenters. The van der Waals surface area contributed by atoms with Crippen LogP contribution in [-0.2, 0) is 6.54 Å². The smallest absolute Gasteiger partial charge is 0.119 e. The minimum Gasteiger partial charge on any atom is -0.319 e. The van der Waals surface area contributed by atoms with Crippen LogP contribution >= 0.6 is 0 Å². The minimum atomic E-state index is 0.692. The lowest BCUT2D eigenvalue weighted by molar-refractivity contribution is 0.235. The molecule has 1 aromatic heterocycles. The lowest BCUT2D eigenvalue weighted by atomic mass is 10.1. The lowest BCUT2D eigenvalue weighted by Crippen LogP contribution is -2.32. The Balaban J connectivity index is 1.67. The summed E-state index contributed by atoms with van der Waals surface area (Å²) in [6, 6.07) is 0.692. The van der Waals surface area contributed by atoms with Gasteiger partial charge in [0.25, 0.3) is 0 Å². The Labute approximate surface area is 110 Å². The summed E-state index contributed by atoms with van der Waals surface area (Å²) < 4.78 is 2.03. The highest BCUT2D eigenvalue weighted by atomic mass is 15.2. The molecule has 1 aromatic rings. The van der Waals surface area contributed by atoms with Crippen molar-refractivity contribution >= 4 is 0 Å². The van der Waals surface area contributed by atoms with Crippen LogP contribution in [0.2, 0.25) is 0 Å². The number of hydrogen-bond acceptors (Lipinski definition) is 4. The third-order valence-electron chi connectivity index (χ3n) is 3.82. The summed E-state index contributed by atoms with van der Waals surface area (Å²) in [4.78, 5) is 5.01. The van der Waals surface area contributed by atoms with E-state index in [2.05, 4.69) is 40.9 Å². The molecule has 1 aliphatic rings. The quantitative estimate of drug-likeness (QED) is 0.754. The van der Waals surface area contributed by atoms with Crippen molar-refractivity contribution in [1.29, 1.82) is 0 Å². The van der Waals surface area contributed by atoms with Gasteiger partial charge in [-0.25, -0.2) is 0 Å². The van der Waals surface area contributed by atoms with Gasteiger partial charge in [0, 0.05) is 32.2 Å². The van der Waals surface area contributed by atoms with Crippen LogP contribution in [0.25, 0.3) is 0 Å². The molecule has 1 unspecified atom stereocenters. The average molecular weight is 251 g/mol. The summed E-state index contributed by atoms with van der Waals surface area (Å²) in [7, 11) is 2.21. The van der Waals surface area contributed by atoms with Gasteiger partial charge in [-0.2, -0.15) is 0 Å². The van der Waals surface area contributed by atoms with E-state index in [-0.39, 0.29) is 0 Å². The number of likely N-dealkylation sites (N-methyl/N-ethyl adjacent to an activating group) is 1. The molecule has 0 amide bonds. The van der Waals surface area contributed by atoms with Crippen molar-refractivity contribution in [1.82, 2.24) is 24.6 Å². The average Bonchev–Trinajstić information content (AvgIpc) is 2.96. The van der Waals surface area contributed by atoms with Crippen molar-refractivity contribution in [2.75, 3.05) is 33.2 Å². The van der Waals surface area contributed by atoms with E-state index in [1.54, 1.807) is 12.7 Å². The first-order valence-electron chi connectivity index (χ1n) is 6.90. The van der Waals surface area contributed by atoms with Crippen LogP contribution in [0.15, 0.2) is 12.7 Å². The summed E-state index contributed by atoms with van der Waals surface area (Å²) in [6.45, 7) is 10.3. The zero-order valence-corrected chi connectivity index (χ0v) is 11.8. The van der Waals surface area contributed by atoms with Crippen LogP contribution in [0.4, 0.5) is 0 Å². The standard InChI is InChI=1S/C13H25N5/c1-12(2)18-5-4-13(9-18)8-16(3)6-7-17-10-14-15-11-17/h10-13H,4-9H2,1-3H3. The Hall–Kier alpha value is -0.940. The van der Waals surface area contributed by atoms with E-state index in [4.69, 9.17) is 0 Å². The van der Waals surface area contributed by atoms with E-state index in [0.717, 1.165) is 19.0 Å². The molecule has 18 heavy (non-hydrogen) atoms. The number of hydrogen-bond donors (Lipinski definition) is 0. The minimum absolute atomic E-state index is 0.692. The maximum Gasteiger partial charge on any atom is 0.119 e. The monoisotopic (exact) mass is 251 g/mol. The SMILES string of the molecule is CC(C)N1CCC(CN(C)CCn2cnnc2)C1. The number of aromatic nitrogens is 3. The van der Waals surface area contributed by atoms with Gasteiger partial charge in [-0.15, -0.1) is 10.2 Å². The normalized spacial score (nSPS) is 21.3. The highest BCUT2D eigenvalue weighted by molar-refractivity contribution is 4.79. The van der Waals surface area contributed by atoms with Gasteiger partial charge in [0.1, 0.15) is 12.7 Å². The zero-order valence-electron chi connectivity index (χ0n) is 11.8. The van der Waals surface area contributed by atoms with Gasteiger partial charge in [-0.1, -0.05) is 0 Å². The number of rotatable bonds is 6. The maximum absolute atomic E-state index is 3.82. The molecule has 2 heterocycles. The second-order valence-corrected chi connectivity index (χ2v) is 5.71. The van der Waals surface area contributed by atoms with Crippen molar-refractivity contribution in [3.05, 3.63) is 12.7 Å². The molecule has 5 nitrogen and oxygen atoms in total. The molecular weight excluding hydrogens is 226 g/mol. The van der Waals surface area contributed by atoms with Crippen molar-refractivity contribution in [2.24, 2.45) is 5.92 Å². The molecule has 1 saturated heterocycles. The largest absolute Gasteiger partial charge is 0.319 e. The Kier molecular flexibility index (Phi) is 4.72. The maximum atomic E-state index is 3.82. The molecule has 0 spiro atoms. The highest BCUT2D eigenvalue weighted by Crippen LogP contribution is 2.19. The van der Waals surface area contributed by atoms with Gasteiger partial charge in [0.15, 0.2) is 0 Å². The Morgan fingerprint density at radius 3 is 2.67 bits per heavy atom. The molecule has 0 aliphatic carbocycles. The van der Waals surface area contributed by atoms with Crippen LogP contribution in [0.1, 0.15) is 20.3 Å². The molecule has 0 N–H and O–H groups in total. The topological polar surface area (TPSA) is 37.2 Å². The summed E-state index contributed by atoms with van der Waals surface area (Å²) in [6.07, 6.45) is 4.91. The summed E-state index contributed by atoms with van der Waals surface area (Å²) in [5, 5.41) is 7.64. The zero-order chi connectivity index (χ0) is 13.0. The van der Waals surface area contributed by atoms with E-state index < -0.39 is 0 Å². The molecule has 5 heteroatoms. The first kappa shape index (κ1) is 13.5. The number of likely N-dealkylation sites (tertiary alicyclic amines) is 1. The van der Waals surface area contributed by atoms with Crippen molar-refractivity contribution in [3.63, 3.8) is 0 Å². The first-order chi connectivity index (χ1) is 8.65. The van der Waals surface area contributed by atoms with Crippen LogP contribution in [0.3, 0.4) is 0 Å². The number of nitrogens with zero attached hydrogens (tertiary/aromatic N) is 5. The molecule has 1 aliphatic heterocycles. The predicted octanol–water partition coefficient (Wildman–Crippen LogP) is 0.940. The van der Waals surface area contributed by atoms with Gasteiger partial charge in [0.2, 0.25) is 0 Å². The molecule has 0 radical (unpaired) electrons. The summed E-state index contributed by atoms with van der Waals surface area (Å²) in [5.41, 5.74) is 0. The van der Waals surface area contributed by atoms with Crippen LogP contribution in [0, 0.1) is 5.92 Å². The predicted molar refractivity (Wildman–Crippen MR) is 72.3 cm³/mol. The van der Waals surface area contributed by atoms with Crippen molar-refractivity contribution in [2.45, 2.75) is 32.9 Å². The van der Waals surface area contributed by atoms with E-state index in [0.29, 0.717) is 6.04 Å². The van der Waals surface area contributed by atoms with Crippen molar-refractivity contribution < 1.29 is 0 Å². The fraction of sp³-hybridized carbons (Fsp3) is 0.846. The van der Waals surface area contributed by atoms with Gasteiger partial charge >= 0.3 is 0 Å². The van der Waals surface area contributed by atoms with Gasteiger partial charge in [-0.05, 0) is 39.8 Å². The van der Waals surface area contributed by atoms with Crippen LogP contribution < -0.4 is 0 Å². The van der Waals surface area contributed by atoms with Crippen LogP contribution in [0.5, 0.6) is 0 Å². The molecule has 102 valence electrons. The first-order valence-corrected chi connectivity index (χ1v) is 6.90.